The second-order valence-electron chi connectivity index (χ2n) is 13.4. The minimum atomic E-state index is -4.45. The van der Waals surface area contributed by atoms with Crippen LogP contribution in [0.1, 0.15) is 29.0 Å². The number of anilines is 1. The third-order valence-electron chi connectivity index (χ3n) is 10.1. The first-order valence-electron chi connectivity index (χ1n) is 17.0. The lowest BCUT2D eigenvalue weighted by Gasteiger charge is -2.26. The van der Waals surface area contributed by atoms with Crippen LogP contribution < -0.4 is 9.62 Å². The zero-order valence-electron chi connectivity index (χ0n) is 29.3. The molecule has 284 valence electrons. The number of hydrogen-bond donors (Lipinski definition) is 1. The van der Waals surface area contributed by atoms with Gasteiger partial charge < -0.3 is 9.73 Å². The summed E-state index contributed by atoms with van der Waals surface area (Å²) in [6, 6.07) is 11.5. The Hall–Kier alpha value is -5.68. The molecule has 1 fully saturated rings. The number of benzene rings is 3. The van der Waals surface area contributed by atoms with Crippen molar-refractivity contribution in [3.05, 3.63) is 95.7 Å². The third kappa shape index (κ3) is 6.10. The molecule has 0 spiro atoms. The summed E-state index contributed by atoms with van der Waals surface area (Å²) in [4.78, 5) is 24.0. The lowest BCUT2D eigenvalue weighted by atomic mass is 10.00. The molecule has 1 saturated heterocycles. The molecule has 5 heterocycles. The van der Waals surface area contributed by atoms with Crippen molar-refractivity contribution in [1.82, 2.24) is 24.6 Å². The van der Waals surface area contributed by atoms with E-state index in [1.165, 1.54) is 49.5 Å². The van der Waals surface area contributed by atoms with E-state index in [1.807, 2.05) is 0 Å². The van der Waals surface area contributed by atoms with Crippen LogP contribution in [-0.4, -0.2) is 72.7 Å². The maximum Gasteiger partial charge on any atom is 0.404 e. The Balaban J connectivity index is 1.39. The molecule has 3 aromatic carbocycles. The van der Waals surface area contributed by atoms with Gasteiger partial charge in [-0.25, -0.2) is 26.6 Å². The van der Waals surface area contributed by atoms with Crippen molar-refractivity contribution < 1.29 is 44.0 Å². The number of rotatable bonds is 7. The van der Waals surface area contributed by atoms with Gasteiger partial charge in [-0.3, -0.25) is 23.4 Å². The lowest BCUT2D eigenvalue weighted by molar-refractivity contribution is -0.177. The van der Waals surface area contributed by atoms with Crippen LogP contribution in [0.15, 0.2) is 71.3 Å². The molecule has 4 aromatic heterocycles. The number of nitrogens with one attached hydrogen (secondary N) is 1. The smallest absolute Gasteiger partial charge is 0.404 e. The summed E-state index contributed by atoms with van der Waals surface area (Å²) in [6.45, 7) is 0.00912. The molecular formula is C38H30F6N6O4S. The summed E-state index contributed by atoms with van der Waals surface area (Å²) >= 11 is 0. The van der Waals surface area contributed by atoms with E-state index in [9.17, 15) is 30.8 Å². The average molecular weight is 781 g/mol. The predicted molar refractivity (Wildman–Crippen MR) is 195 cm³/mol. The van der Waals surface area contributed by atoms with Crippen molar-refractivity contribution in [2.75, 3.05) is 31.2 Å². The number of fused-ring (bicyclic) bond motifs is 6. The normalized spacial score (nSPS) is 15.5. The molecule has 0 bridgehead atoms. The average Bonchev–Trinajstić information content (AvgIpc) is 3.86. The van der Waals surface area contributed by atoms with Crippen molar-refractivity contribution in [3.63, 3.8) is 0 Å². The van der Waals surface area contributed by atoms with Gasteiger partial charge in [0.25, 0.3) is 5.91 Å². The van der Waals surface area contributed by atoms with E-state index in [-0.39, 0.29) is 81.0 Å². The number of halogens is 6. The number of nitrogens with zero attached hydrogens (tertiary/aromatic N) is 5. The van der Waals surface area contributed by atoms with Gasteiger partial charge in [-0.2, -0.15) is 13.2 Å². The number of amides is 1. The number of carbonyl (C=O) groups excluding carboxylic acids is 1. The van der Waals surface area contributed by atoms with Gasteiger partial charge in [-0.1, -0.05) is 6.07 Å². The van der Waals surface area contributed by atoms with Crippen LogP contribution in [-0.2, 0) is 16.6 Å². The van der Waals surface area contributed by atoms with Crippen LogP contribution in [0, 0.1) is 17.5 Å². The number of sulfonamides is 1. The molecule has 8 rings (SSSR count). The molecule has 1 amide bonds. The van der Waals surface area contributed by atoms with Gasteiger partial charge in [0.1, 0.15) is 34.9 Å². The van der Waals surface area contributed by atoms with Crippen LogP contribution in [0.3, 0.4) is 0 Å². The Kier molecular flexibility index (Phi) is 8.56. The van der Waals surface area contributed by atoms with E-state index >= 15 is 8.78 Å². The molecule has 1 N–H and O–H groups in total. The summed E-state index contributed by atoms with van der Waals surface area (Å²) in [5.74, 6) is -3.07. The molecular weight excluding hydrogens is 751 g/mol. The summed E-state index contributed by atoms with van der Waals surface area (Å²) in [6.07, 6.45) is -1.80. The number of hydrogen-bond acceptors (Lipinski definition) is 7. The largest absolute Gasteiger partial charge is 0.455 e. The number of furan rings is 1. The number of aromatic nitrogens is 3. The standard InChI is InChI=1S/C38H30F6N6O4S/c1-45-37(51)35-24-13-22(30(48(2)55(3,52)53)16-32(24)54-36(35)20-10-9-19(39)12-26(20)41)27-14-23-28(17-46-27)47-34(18-49-11-5-8-33(49)38(42,43)44)50-29-7-4-6-25(40)21(29)15-31(23)50/h4,6-7,9-10,12-17,33H,5,8,11,18H2,1-3H3,(H,45,51)/t33-/m0/s1. The van der Waals surface area contributed by atoms with E-state index in [0.717, 1.165) is 22.7 Å². The Labute approximate surface area is 309 Å². The molecule has 0 unspecified atom stereocenters. The summed E-state index contributed by atoms with van der Waals surface area (Å²) in [7, 11) is -1.28. The maximum atomic E-state index is 15.3. The van der Waals surface area contributed by atoms with Crippen LogP contribution in [0.2, 0.25) is 0 Å². The zero-order chi connectivity index (χ0) is 39.1. The third-order valence-corrected chi connectivity index (χ3v) is 11.3. The monoisotopic (exact) mass is 780 g/mol. The van der Waals surface area contributed by atoms with Gasteiger partial charge >= 0.3 is 6.18 Å². The van der Waals surface area contributed by atoms with Gasteiger partial charge in [0.05, 0.1) is 58.1 Å². The lowest BCUT2D eigenvalue weighted by Crippen LogP contribution is -2.41. The quantitative estimate of drug-likeness (QED) is 0.164. The van der Waals surface area contributed by atoms with Crippen molar-refractivity contribution in [2.45, 2.75) is 31.6 Å². The minimum absolute atomic E-state index is 0.00783. The highest BCUT2D eigenvalue weighted by molar-refractivity contribution is 7.92. The molecule has 1 aliphatic heterocycles. The fourth-order valence-electron chi connectivity index (χ4n) is 7.41. The van der Waals surface area contributed by atoms with E-state index in [4.69, 9.17) is 9.40 Å². The van der Waals surface area contributed by atoms with Crippen molar-refractivity contribution in [1.29, 1.82) is 0 Å². The molecule has 0 saturated carbocycles. The van der Waals surface area contributed by atoms with Crippen molar-refractivity contribution in [2.24, 2.45) is 0 Å². The minimum Gasteiger partial charge on any atom is -0.455 e. The van der Waals surface area contributed by atoms with E-state index in [0.29, 0.717) is 28.9 Å². The second-order valence-corrected chi connectivity index (χ2v) is 15.4. The van der Waals surface area contributed by atoms with Gasteiger partial charge in [0, 0.05) is 48.0 Å². The highest BCUT2D eigenvalue weighted by Gasteiger charge is 2.46. The summed E-state index contributed by atoms with van der Waals surface area (Å²) in [5, 5.41) is 3.27. The van der Waals surface area contributed by atoms with Crippen LogP contribution in [0.5, 0.6) is 0 Å². The fraction of sp³-hybridized carbons (Fsp3) is 0.237. The van der Waals surface area contributed by atoms with E-state index in [2.05, 4.69) is 10.3 Å². The first kappa shape index (κ1) is 36.3. The molecule has 1 atom stereocenters. The first-order valence-corrected chi connectivity index (χ1v) is 18.8. The molecule has 0 radical (unpaired) electrons. The van der Waals surface area contributed by atoms with Crippen molar-refractivity contribution in [3.8, 4) is 22.6 Å². The summed E-state index contributed by atoms with van der Waals surface area (Å²) in [5.41, 5.74) is 1.18. The Morgan fingerprint density at radius 3 is 2.47 bits per heavy atom. The second kappa shape index (κ2) is 13.0. The van der Waals surface area contributed by atoms with Crippen LogP contribution in [0.25, 0.3) is 60.9 Å². The van der Waals surface area contributed by atoms with Gasteiger partial charge in [0.2, 0.25) is 10.0 Å². The zero-order valence-corrected chi connectivity index (χ0v) is 30.1. The van der Waals surface area contributed by atoms with E-state index in [1.54, 1.807) is 22.6 Å². The Morgan fingerprint density at radius 2 is 1.76 bits per heavy atom. The molecule has 7 aromatic rings. The Morgan fingerprint density at radius 1 is 0.982 bits per heavy atom. The highest BCUT2D eigenvalue weighted by Crippen LogP contribution is 2.43. The van der Waals surface area contributed by atoms with Crippen molar-refractivity contribution >= 4 is 59.9 Å². The SMILES string of the molecule is CNC(=O)c1c(-c2ccc(F)cc2F)oc2cc(N(C)S(C)(=O)=O)c(-c3cc4c(cn3)nc(CN3CCC[C@H]3C(F)(F)F)n3c5cccc(F)c5cc43)cc12. The fourth-order valence-corrected chi connectivity index (χ4v) is 7.92. The maximum absolute atomic E-state index is 15.3. The van der Waals surface area contributed by atoms with Gasteiger partial charge in [-0.05, 0) is 61.9 Å². The number of carbonyl (C=O) groups is 1. The Bertz CT molecular complexity index is 2840. The van der Waals surface area contributed by atoms with E-state index < -0.39 is 45.6 Å². The number of alkyl halides is 3. The number of pyridine rings is 1. The molecule has 0 aliphatic carbocycles. The van der Waals surface area contributed by atoms with Crippen LogP contribution >= 0.6 is 0 Å². The topological polar surface area (TPSA) is 113 Å². The molecule has 10 nitrogen and oxygen atoms in total. The molecule has 55 heavy (non-hydrogen) atoms. The van der Waals surface area contributed by atoms with Crippen LogP contribution in [0.4, 0.5) is 32.0 Å². The molecule has 17 heteroatoms. The van der Waals surface area contributed by atoms with Gasteiger partial charge in [0.15, 0.2) is 5.76 Å². The molecule has 1 aliphatic rings. The highest BCUT2D eigenvalue weighted by atomic mass is 32.2. The summed E-state index contributed by atoms with van der Waals surface area (Å²) < 4.78 is 121. The van der Waals surface area contributed by atoms with Gasteiger partial charge in [-0.15, -0.1) is 0 Å². The first-order chi connectivity index (χ1) is 26.0. The number of likely N-dealkylation sites (tertiary alicyclic amines) is 1. The predicted octanol–water partition coefficient (Wildman–Crippen LogP) is 7.82.